The summed E-state index contributed by atoms with van der Waals surface area (Å²) >= 11 is 2.12. The molecule has 0 aromatic heterocycles. The summed E-state index contributed by atoms with van der Waals surface area (Å²) in [7, 11) is 0. The first-order valence-corrected chi connectivity index (χ1v) is 4.23. The van der Waals surface area contributed by atoms with Crippen molar-refractivity contribution >= 4 is 25.3 Å². The topological polar surface area (TPSA) is 0 Å². The number of hydrogen-bond donors (Lipinski definition) is 0. The Morgan fingerprint density at radius 2 is 1.25 bits per heavy atom. The molecule has 1 heterocycles. The van der Waals surface area contributed by atoms with E-state index in [9.17, 15) is 0 Å². The summed E-state index contributed by atoms with van der Waals surface area (Å²) in [4.78, 5) is 0. The highest BCUT2D eigenvalue weighted by Crippen LogP contribution is 2.15. The Morgan fingerprint density at radius 3 is 1.75 bits per heavy atom. The SMILES string of the molecule is C1CCCSCC1.S. The van der Waals surface area contributed by atoms with Gasteiger partial charge in [0.15, 0.2) is 0 Å². The highest BCUT2D eigenvalue weighted by atomic mass is 32.2. The molecule has 0 radical (unpaired) electrons. The van der Waals surface area contributed by atoms with Gasteiger partial charge in [0.25, 0.3) is 0 Å². The average Bonchev–Trinajstić information content (AvgIpc) is 1.90. The van der Waals surface area contributed by atoms with Crippen LogP contribution < -0.4 is 0 Å². The van der Waals surface area contributed by atoms with Crippen LogP contribution in [0.5, 0.6) is 0 Å². The second-order valence-electron chi connectivity index (χ2n) is 2.03. The van der Waals surface area contributed by atoms with Gasteiger partial charge >= 0.3 is 0 Å². The minimum Gasteiger partial charge on any atom is -0.197 e. The Bertz CT molecular complexity index is 26.1. The van der Waals surface area contributed by atoms with Crippen molar-refractivity contribution in [2.45, 2.75) is 25.7 Å². The quantitative estimate of drug-likeness (QED) is 0.511. The molecule has 0 nitrogen and oxygen atoms in total. The normalized spacial score (nSPS) is 21.0. The molecule has 2 heteroatoms. The zero-order valence-electron chi connectivity index (χ0n) is 5.15. The number of thioether (sulfide) groups is 1. The van der Waals surface area contributed by atoms with Gasteiger partial charge in [-0.2, -0.15) is 25.3 Å². The summed E-state index contributed by atoms with van der Waals surface area (Å²) in [5.41, 5.74) is 0. The molecular weight excluding hydrogens is 136 g/mol. The maximum absolute atomic E-state index is 2.12. The molecule has 1 aliphatic heterocycles. The molecule has 1 rings (SSSR count). The largest absolute Gasteiger partial charge is 0.197 e. The minimum absolute atomic E-state index is 0. The lowest BCUT2D eigenvalue weighted by molar-refractivity contribution is 0.726. The van der Waals surface area contributed by atoms with Crippen LogP contribution in [-0.2, 0) is 0 Å². The first-order chi connectivity index (χ1) is 3.50. The average molecular weight is 150 g/mol. The monoisotopic (exact) mass is 150 g/mol. The molecule has 0 saturated carbocycles. The fraction of sp³-hybridized carbons (Fsp3) is 1.00. The molecule has 8 heavy (non-hydrogen) atoms. The van der Waals surface area contributed by atoms with E-state index < -0.39 is 0 Å². The third-order valence-corrected chi connectivity index (χ3v) is 2.48. The first kappa shape index (κ1) is 8.70. The van der Waals surface area contributed by atoms with Gasteiger partial charge in [-0.1, -0.05) is 12.8 Å². The van der Waals surface area contributed by atoms with Crippen LogP contribution in [0, 0.1) is 0 Å². The summed E-state index contributed by atoms with van der Waals surface area (Å²) in [6.07, 6.45) is 5.88. The van der Waals surface area contributed by atoms with Gasteiger partial charge < -0.3 is 0 Å². The summed E-state index contributed by atoms with van der Waals surface area (Å²) in [5.74, 6) is 2.83. The van der Waals surface area contributed by atoms with Crippen LogP contribution >= 0.6 is 25.3 Å². The molecule has 0 N–H and O–H groups in total. The lowest BCUT2D eigenvalue weighted by atomic mass is 10.2. The molecule has 0 unspecified atom stereocenters. The second kappa shape index (κ2) is 5.83. The Hall–Kier alpha value is 0.700. The Balaban J connectivity index is 0.000000490. The van der Waals surface area contributed by atoms with E-state index in [1.807, 2.05) is 0 Å². The summed E-state index contributed by atoms with van der Waals surface area (Å²) in [6, 6.07) is 0. The molecule has 0 bridgehead atoms. The van der Waals surface area contributed by atoms with Crippen molar-refractivity contribution < 1.29 is 0 Å². The lowest BCUT2D eigenvalue weighted by Gasteiger charge is -1.86. The van der Waals surface area contributed by atoms with Gasteiger partial charge in [-0.25, -0.2) is 0 Å². The highest BCUT2D eigenvalue weighted by molar-refractivity contribution is 7.99. The lowest BCUT2D eigenvalue weighted by Crippen LogP contribution is -1.71. The van der Waals surface area contributed by atoms with Crippen molar-refractivity contribution in [3.05, 3.63) is 0 Å². The molecular formula is C6H14S2. The van der Waals surface area contributed by atoms with E-state index in [1.54, 1.807) is 0 Å². The van der Waals surface area contributed by atoms with E-state index in [4.69, 9.17) is 0 Å². The van der Waals surface area contributed by atoms with Crippen LogP contribution in [-0.4, -0.2) is 11.5 Å². The van der Waals surface area contributed by atoms with Crippen LogP contribution in [0.4, 0.5) is 0 Å². The predicted octanol–water partition coefficient (Wildman–Crippen LogP) is 2.41. The molecule has 0 aromatic carbocycles. The Kier molecular flexibility index (Phi) is 6.34. The van der Waals surface area contributed by atoms with Crippen LogP contribution in [0.25, 0.3) is 0 Å². The predicted molar refractivity (Wildman–Crippen MR) is 46.2 cm³/mol. The maximum atomic E-state index is 2.12. The molecule has 0 spiro atoms. The first-order valence-electron chi connectivity index (χ1n) is 3.08. The van der Waals surface area contributed by atoms with Gasteiger partial charge in [0, 0.05) is 0 Å². The molecule has 50 valence electrons. The van der Waals surface area contributed by atoms with Crippen molar-refractivity contribution in [2.24, 2.45) is 0 Å². The highest BCUT2D eigenvalue weighted by Gasteiger charge is 1.95. The van der Waals surface area contributed by atoms with E-state index in [1.165, 1.54) is 37.2 Å². The van der Waals surface area contributed by atoms with Gasteiger partial charge in [0.05, 0.1) is 0 Å². The third-order valence-electron chi connectivity index (χ3n) is 1.33. The van der Waals surface area contributed by atoms with Crippen molar-refractivity contribution in [3.63, 3.8) is 0 Å². The fourth-order valence-electron chi connectivity index (χ4n) is 0.864. The van der Waals surface area contributed by atoms with Crippen molar-refractivity contribution in [2.75, 3.05) is 11.5 Å². The van der Waals surface area contributed by atoms with Gasteiger partial charge in [0.1, 0.15) is 0 Å². The standard InChI is InChI=1S/C6H12S.H2S/c1-2-4-6-7-5-3-1;/h1-6H2;1H2. The van der Waals surface area contributed by atoms with E-state index in [0.717, 1.165) is 0 Å². The van der Waals surface area contributed by atoms with Gasteiger partial charge in [-0.05, 0) is 24.3 Å². The van der Waals surface area contributed by atoms with Crippen LogP contribution in [0.1, 0.15) is 25.7 Å². The molecule has 1 saturated heterocycles. The smallest absolute Gasteiger partial charge is 0.00675 e. The van der Waals surface area contributed by atoms with Crippen LogP contribution in [0.2, 0.25) is 0 Å². The number of hydrogen-bond acceptors (Lipinski definition) is 1. The van der Waals surface area contributed by atoms with Gasteiger partial charge in [-0.3, -0.25) is 0 Å². The summed E-state index contributed by atoms with van der Waals surface area (Å²) in [5, 5.41) is 0. The van der Waals surface area contributed by atoms with Gasteiger partial charge in [0.2, 0.25) is 0 Å². The molecule has 0 aromatic rings. The van der Waals surface area contributed by atoms with Crippen LogP contribution in [0.3, 0.4) is 0 Å². The van der Waals surface area contributed by atoms with E-state index in [2.05, 4.69) is 11.8 Å². The van der Waals surface area contributed by atoms with E-state index in [-0.39, 0.29) is 13.5 Å². The van der Waals surface area contributed by atoms with Crippen molar-refractivity contribution in [1.29, 1.82) is 0 Å². The molecule has 1 aliphatic rings. The molecule has 1 fully saturated rings. The third kappa shape index (κ3) is 3.67. The van der Waals surface area contributed by atoms with Crippen molar-refractivity contribution in [3.8, 4) is 0 Å². The molecule has 0 amide bonds. The Morgan fingerprint density at radius 1 is 0.750 bits per heavy atom. The summed E-state index contributed by atoms with van der Waals surface area (Å²) in [6.45, 7) is 0. The maximum Gasteiger partial charge on any atom is -0.00675 e. The molecule has 0 aliphatic carbocycles. The second-order valence-corrected chi connectivity index (χ2v) is 3.25. The number of rotatable bonds is 0. The molecule has 0 atom stereocenters. The van der Waals surface area contributed by atoms with E-state index in [0.29, 0.717) is 0 Å². The van der Waals surface area contributed by atoms with Crippen molar-refractivity contribution in [1.82, 2.24) is 0 Å². The van der Waals surface area contributed by atoms with Gasteiger partial charge in [-0.15, -0.1) is 0 Å². The minimum atomic E-state index is 0. The zero-order chi connectivity index (χ0) is 4.95. The summed E-state index contributed by atoms with van der Waals surface area (Å²) < 4.78 is 0. The fourth-order valence-corrected chi connectivity index (χ4v) is 1.88. The van der Waals surface area contributed by atoms with E-state index >= 15 is 0 Å². The zero-order valence-corrected chi connectivity index (χ0v) is 6.97. The van der Waals surface area contributed by atoms with Crippen LogP contribution in [0.15, 0.2) is 0 Å². The Labute approximate surface area is 62.9 Å².